The third-order valence-corrected chi connectivity index (χ3v) is 6.96. The Morgan fingerprint density at radius 3 is 2.41 bits per heavy atom. The van der Waals surface area contributed by atoms with E-state index < -0.39 is 9.84 Å². The van der Waals surface area contributed by atoms with Crippen LogP contribution >= 0.6 is 0 Å². The number of hydrogen-bond donors (Lipinski definition) is 1. The van der Waals surface area contributed by atoms with Crippen molar-refractivity contribution in [2.45, 2.75) is 33.1 Å². The van der Waals surface area contributed by atoms with Crippen molar-refractivity contribution in [3.05, 3.63) is 46.8 Å². The Balaban J connectivity index is 1.67. The quantitative estimate of drug-likeness (QED) is 0.818. The number of sulfone groups is 1. The summed E-state index contributed by atoms with van der Waals surface area (Å²) in [5.74, 6) is 2.12. The van der Waals surface area contributed by atoms with Crippen molar-refractivity contribution in [2.75, 3.05) is 30.5 Å². The number of ether oxygens (including phenoxy) is 1. The number of nitrogens with one attached hydrogen (secondary N) is 1. The van der Waals surface area contributed by atoms with Gasteiger partial charge < -0.3 is 10.1 Å². The number of hydrogen-bond acceptors (Lipinski definition) is 6. The van der Waals surface area contributed by atoms with Gasteiger partial charge in [0.15, 0.2) is 9.84 Å². The Morgan fingerprint density at radius 2 is 1.81 bits per heavy atom. The van der Waals surface area contributed by atoms with Gasteiger partial charge in [-0.2, -0.15) is 0 Å². The molecule has 0 saturated carbocycles. The van der Waals surface area contributed by atoms with Gasteiger partial charge in [0.25, 0.3) is 0 Å². The number of aromatic nitrogens is 2. The van der Waals surface area contributed by atoms with Crippen LogP contribution in [0.1, 0.15) is 35.4 Å². The maximum absolute atomic E-state index is 11.8. The molecule has 27 heavy (non-hydrogen) atoms. The van der Waals surface area contributed by atoms with Gasteiger partial charge in [0.2, 0.25) is 5.95 Å². The monoisotopic (exact) mass is 389 g/mol. The fourth-order valence-electron chi connectivity index (χ4n) is 3.54. The normalized spacial score (nSPS) is 18.9. The predicted octanol–water partition coefficient (Wildman–Crippen LogP) is 2.93. The van der Waals surface area contributed by atoms with Crippen LogP contribution < -0.4 is 10.1 Å². The average Bonchev–Trinajstić information content (AvgIpc) is 2.63. The van der Waals surface area contributed by atoms with E-state index in [-0.39, 0.29) is 11.7 Å². The molecule has 6 nitrogen and oxygen atoms in total. The highest BCUT2D eigenvalue weighted by molar-refractivity contribution is 7.91. The molecular weight excluding hydrogens is 362 g/mol. The van der Waals surface area contributed by atoms with Crippen molar-refractivity contribution in [2.24, 2.45) is 5.92 Å². The number of methoxy groups -OCH3 is 1. The molecule has 7 heteroatoms. The Morgan fingerprint density at radius 1 is 1.15 bits per heavy atom. The van der Waals surface area contributed by atoms with E-state index in [2.05, 4.69) is 15.3 Å². The minimum Gasteiger partial charge on any atom is -0.497 e. The van der Waals surface area contributed by atoms with E-state index in [1.54, 1.807) is 7.11 Å². The lowest BCUT2D eigenvalue weighted by Gasteiger charge is -2.22. The van der Waals surface area contributed by atoms with Crippen molar-refractivity contribution in [3.8, 4) is 5.75 Å². The molecule has 0 bridgehead atoms. The van der Waals surface area contributed by atoms with Crippen LogP contribution in [0.15, 0.2) is 24.3 Å². The second-order valence-electron chi connectivity index (χ2n) is 7.22. The second kappa shape index (κ2) is 8.25. The van der Waals surface area contributed by atoms with Gasteiger partial charge in [-0.3, -0.25) is 0 Å². The van der Waals surface area contributed by atoms with E-state index in [1.165, 1.54) is 5.56 Å². The first-order valence-electron chi connectivity index (χ1n) is 9.27. The highest BCUT2D eigenvalue weighted by atomic mass is 32.2. The van der Waals surface area contributed by atoms with Crippen molar-refractivity contribution in [1.82, 2.24) is 9.97 Å². The lowest BCUT2D eigenvalue weighted by Crippen LogP contribution is -2.30. The standard InChI is InChI=1S/C20H27N3O3S/c1-14-19(11-16-6-8-18(26-3)9-7-16)15(2)23-20(22-14)21-12-17-5-4-10-27(24,25)13-17/h6-9,17H,4-5,10-13H2,1-3H3,(H,21,22,23). The van der Waals surface area contributed by atoms with E-state index in [1.807, 2.05) is 38.1 Å². The van der Waals surface area contributed by atoms with Crippen LogP contribution in [-0.4, -0.2) is 43.5 Å². The molecule has 1 fully saturated rings. The average molecular weight is 390 g/mol. The Labute approximate surface area is 161 Å². The van der Waals surface area contributed by atoms with Crippen LogP contribution in [-0.2, 0) is 16.3 Å². The van der Waals surface area contributed by atoms with E-state index in [0.717, 1.165) is 42.0 Å². The molecule has 1 atom stereocenters. The van der Waals surface area contributed by atoms with Gasteiger partial charge in [0.05, 0.1) is 18.6 Å². The molecule has 1 unspecified atom stereocenters. The topological polar surface area (TPSA) is 81.2 Å². The Bertz CT molecular complexity index is 872. The Hall–Kier alpha value is -2.15. The first kappa shape index (κ1) is 19.6. The highest BCUT2D eigenvalue weighted by Gasteiger charge is 2.24. The number of anilines is 1. The molecule has 2 heterocycles. The highest BCUT2D eigenvalue weighted by Crippen LogP contribution is 2.21. The first-order valence-corrected chi connectivity index (χ1v) is 11.1. The lowest BCUT2D eigenvalue weighted by molar-refractivity contribution is 0.414. The summed E-state index contributed by atoms with van der Waals surface area (Å²) in [6.07, 6.45) is 2.44. The smallest absolute Gasteiger partial charge is 0.223 e. The third kappa shape index (κ3) is 5.19. The minimum atomic E-state index is -2.89. The predicted molar refractivity (Wildman–Crippen MR) is 107 cm³/mol. The fraction of sp³-hybridized carbons (Fsp3) is 0.500. The second-order valence-corrected chi connectivity index (χ2v) is 9.45. The number of benzene rings is 1. The number of aryl methyl sites for hydroxylation is 2. The van der Waals surface area contributed by atoms with Gasteiger partial charge in [0, 0.05) is 24.4 Å². The van der Waals surface area contributed by atoms with E-state index in [9.17, 15) is 8.42 Å². The van der Waals surface area contributed by atoms with Gasteiger partial charge in [-0.1, -0.05) is 12.1 Å². The third-order valence-electron chi connectivity index (χ3n) is 5.07. The summed E-state index contributed by atoms with van der Waals surface area (Å²) in [6.45, 7) is 4.57. The molecule has 3 rings (SSSR count). The Kier molecular flexibility index (Phi) is 5.99. The molecule has 1 aromatic heterocycles. The molecule has 0 amide bonds. The molecule has 146 valence electrons. The molecule has 1 N–H and O–H groups in total. The van der Waals surface area contributed by atoms with Gasteiger partial charge in [0.1, 0.15) is 5.75 Å². The molecule has 0 aliphatic carbocycles. The molecule has 1 saturated heterocycles. The zero-order valence-electron chi connectivity index (χ0n) is 16.2. The summed E-state index contributed by atoms with van der Waals surface area (Å²) in [5.41, 5.74) is 4.18. The molecule has 2 aromatic rings. The fourth-order valence-corrected chi connectivity index (χ4v) is 5.31. The van der Waals surface area contributed by atoms with Crippen LogP contribution in [0.5, 0.6) is 5.75 Å². The summed E-state index contributed by atoms with van der Waals surface area (Å²) < 4.78 is 28.7. The molecule has 1 aliphatic heterocycles. The summed E-state index contributed by atoms with van der Waals surface area (Å²) in [5, 5.41) is 3.24. The van der Waals surface area contributed by atoms with Crippen LogP contribution in [0, 0.1) is 19.8 Å². The first-order chi connectivity index (χ1) is 12.9. The van der Waals surface area contributed by atoms with E-state index >= 15 is 0 Å². The van der Waals surface area contributed by atoms with Crippen LogP contribution in [0.25, 0.3) is 0 Å². The zero-order valence-corrected chi connectivity index (χ0v) is 17.0. The largest absolute Gasteiger partial charge is 0.497 e. The molecule has 1 aliphatic rings. The summed E-state index contributed by atoms with van der Waals surface area (Å²) in [4.78, 5) is 9.18. The van der Waals surface area contributed by atoms with E-state index in [4.69, 9.17) is 4.74 Å². The maximum atomic E-state index is 11.8. The molecule has 0 radical (unpaired) electrons. The van der Waals surface area contributed by atoms with Crippen molar-refractivity contribution in [3.63, 3.8) is 0 Å². The van der Waals surface area contributed by atoms with Gasteiger partial charge in [-0.05, 0) is 55.9 Å². The number of rotatable bonds is 6. The zero-order chi connectivity index (χ0) is 19.4. The summed E-state index contributed by atoms with van der Waals surface area (Å²) in [7, 11) is -1.23. The van der Waals surface area contributed by atoms with Crippen LogP contribution in [0.2, 0.25) is 0 Å². The lowest BCUT2D eigenvalue weighted by atomic mass is 10.0. The minimum absolute atomic E-state index is 0.131. The summed E-state index contributed by atoms with van der Waals surface area (Å²) >= 11 is 0. The number of nitrogens with zero attached hydrogens (tertiary/aromatic N) is 2. The molecule has 1 aromatic carbocycles. The van der Waals surface area contributed by atoms with Crippen molar-refractivity contribution in [1.29, 1.82) is 0 Å². The van der Waals surface area contributed by atoms with Gasteiger partial charge in [-0.25, -0.2) is 18.4 Å². The van der Waals surface area contributed by atoms with Crippen molar-refractivity contribution < 1.29 is 13.2 Å². The van der Waals surface area contributed by atoms with Gasteiger partial charge >= 0.3 is 0 Å². The van der Waals surface area contributed by atoms with Crippen LogP contribution in [0.3, 0.4) is 0 Å². The maximum Gasteiger partial charge on any atom is 0.223 e. The molecule has 0 spiro atoms. The van der Waals surface area contributed by atoms with Gasteiger partial charge in [-0.15, -0.1) is 0 Å². The SMILES string of the molecule is COc1ccc(Cc2c(C)nc(NCC3CCCS(=O)(=O)C3)nc2C)cc1. The van der Waals surface area contributed by atoms with Crippen molar-refractivity contribution >= 4 is 15.8 Å². The van der Waals surface area contributed by atoms with E-state index in [0.29, 0.717) is 18.2 Å². The molecular formula is C20H27N3O3S. The summed E-state index contributed by atoms with van der Waals surface area (Å²) in [6, 6.07) is 8.00. The van der Waals surface area contributed by atoms with Crippen LogP contribution in [0.4, 0.5) is 5.95 Å².